The molecular weight excluding hydrogens is 472 g/mol. The van der Waals surface area contributed by atoms with Gasteiger partial charge < -0.3 is 79.9 Å². The van der Waals surface area contributed by atoms with Gasteiger partial charge in [0.1, 0.15) is 73.2 Å². The lowest BCUT2D eigenvalue weighted by Gasteiger charge is -2.48. The highest BCUT2D eigenvalue weighted by molar-refractivity contribution is 4.96. The zero-order chi connectivity index (χ0) is 25.3. The standard InChI is InChI=1S/C18H32O16/c19-1-4-7(22)10(25)12(27)17(31-4)33-14-9(24)6(3-21)30-16(29)15(14)34-18-13(28)11(26)8(23)5(2-20)32-18/h4-29H,1-3H2/t4-,5-,6-,7+,8+,9+,10+,11+,12-,13-,14+,15-,16?,17+,18+/m1/s1. The Labute approximate surface area is 192 Å². The van der Waals surface area contributed by atoms with E-state index in [4.69, 9.17) is 23.7 Å². The maximum atomic E-state index is 10.6. The van der Waals surface area contributed by atoms with Crippen LogP contribution in [-0.2, 0) is 23.7 Å². The van der Waals surface area contributed by atoms with Crippen LogP contribution in [-0.4, -0.2) is 168 Å². The summed E-state index contributed by atoms with van der Waals surface area (Å²) in [4.78, 5) is 0. The zero-order valence-electron chi connectivity index (χ0n) is 17.7. The molecule has 0 radical (unpaired) electrons. The van der Waals surface area contributed by atoms with E-state index in [2.05, 4.69) is 0 Å². The van der Waals surface area contributed by atoms with Crippen LogP contribution in [0.1, 0.15) is 0 Å². The summed E-state index contributed by atoms with van der Waals surface area (Å²) in [5.74, 6) is 0. The Morgan fingerprint density at radius 3 is 1.24 bits per heavy atom. The fraction of sp³-hybridized carbons (Fsp3) is 1.00. The molecule has 3 aliphatic heterocycles. The van der Waals surface area contributed by atoms with Gasteiger partial charge in [-0.2, -0.15) is 0 Å². The van der Waals surface area contributed by atoms with E-state index < -0.39 is 112 Å². The molecule has 0 bridgehead atoms. The quantitative estimate of drug-likeness (QED) is 0.154. The SMILES string of the molecule is OC[C@H]1O[C@@H](O[C@H]2[C@@H](O)[C@@H](CO)OC(O)[C@@H]2O[C@@H]2O[C@H](CO)[C@H](O)[C@H](O)[C@H]2O)[C@H](O)[C@@H](O)[C@H]1O. The van der Waals surface area contributed by atoms with Crippen molar-refractivity contribution in [3.63, 3.8) is 0 Å². The van der Waals surface area contributed by atoms with Crippen LogP contribution in [0, 0.1) is 0 Å². The molecule has 15 atom stereocenters. The molecule has 0 amide bonds. The zero-order valence-corrected chi connectivity index (χ0v) is 17.7. The first-order valence-corrected chi connectivity index (χ1v) is 10.6. The van der Waals surface area contributed by atoms with Crippen molar-refractivity contribution in [1.82, 2.24) is 0 Å². The second-order valence-electron chi connectivity index (χ2n) is 8.33. The third kappa shape index (κ3) is 5.37. The molecule has 0 aromatic rings. The van der Waals surface area contributed by atoms with Crippen molar-refractivity contribution in [3.8, 4) is 0 Å². The van der Waals surface area contributed by atoms with Crippen LogP contribution in [0.5, 0.6) is 0 Å². The Bertz CT molecular complexity index is 637. The van der Waals surface area contributed by atoms with E-state index in [-0.39, 0.29) is 0 Å². The summed E-state index contributed by atoms with van der Waals surface area (Å²) in [5, 5.41) is 109. The average Bonchev–Trinajstić information content (AvgIpc) is 2.83. The third-order valence-corrected chi connectivity index (χ3v) is 6.10. The van der Waals surface area contributed by atoms with Crippen molar-refractivity contribution in [2.45, 2.75) is 92.1 Å². The van der Waals surface area contributed by atoms with E-state index in [1.165, 1.54) is 0 Å². The summed E-state index contributed by atoms with van der Waals surface area (Å²) in [6, 6.07) is 0. The number of aliphatic hydroxyl groups is 11. The molecular formula is C18H32O16. The lowest BCUT2D eigenvalue weighted by molar-refractivity contribution is -0.387. The molecule has 11 N–H and O–H groups in total. The first kappa shape index (κ1) is 27.9. The van der Waals surface area contributed by atoms with Crippen LogP contribution in [0.3, 0.4) is 0 Å². The lowest BCUT2D eigenvalue weighted by atomic mass is 9.96. The fourth-order valence-corrected chi connectivity index (χ4v) is 4.03. The summed E-state index contributed by atoms with van der Waals surface area (Å²) >= 11 is 0. The summed E-state index contributed by atoms with van der Waals surface area (Å²) < 4.78 is 26.5. The molecule has 16 heteroatoms. The van der Waals surface area contributed by atoms with Gasteiger partial charge in [-0.1, -0.05) is 0 Å². The molecule has 0 aromatic heterocycles. The maximum Gasteiger partial charge on any atom is 0.187 e. The van der Waals surface area contributed by atoms with Crippen molar-refractivity contribution in [2.24, 2.45) is 0 Å². The molecule has 3 aliphatic rings. The molecule has 3 saturated heterocycles. The monoisotopic (exact) mass is 504 g/mol. The first-order chi connectivity index (χ1) is 16.0. The van der Waals surface area contributed by atoms with Crippen LogP contribution in [0.2, 0.25) is 0 Å². The molecule has 200 valence electrons. The minimum Gasteiger partial charge on any atom is -0.394 e. The number of hydrogen-bond donors (Lipinski definition) is 11. The minimum atomic E-state index is -1.94. The third-order valence-electron chi connectivity index (χ3n) is 6.10. The average molecular weight is 504 g/mol. The minimum absolute atomic E-state index is 0.769. The molecule has 0 aliphatic carbocycles. The number of rotatable bonds is 7. The van der Waals surface area contributed by atoms with Crippen LogP contribution in [0.25, 0.3) is 0 Å². The van der Waals surface area contributed by atoms with Crippen LogP contribution in [0.15, 0.2) is 0 Å². The Kier molecular flexibility index (Phi) is 9.54. The Balaban J connectivity index is 1.83. The Hall–Kier alpha value is -0.640. The van der Waals surface area contributed by atoms with Gasteiger partial charge in [-0.25, -0.2) is 0 Å². The second kappa shape index (κ2) is 11.6. The van der Waals surface area contributed by atoms with E-state index in [9.17, 15) is 56.2 Å². The maximum absolute atomic E-state index is 10.6. The molecule has 1 unspecified atom stereocenters. The highest BCUT2D eigenvalue weighted by Crippen LogP contribution is 2.32. The van der Waals surface area contributed by atoms with Crippen molar-refractivity contribution < 1.29 is 79.9 Å². The second-order valence-corrected chi connectivity index (χ2v) is 8.33. The van der Waals surface area contributed by atoms with Crippen LogP contribution >= 0.6 is 0 Å². The predicted octanol–water partition coefficient (Wildman–Crippen LogP) is -7.57. The fourth-order valence-electron chi connectivity index (χ4n) is 4.03. The summed E-state index contributed by atoms with van der Waals surface area (Å²) in [5.41, 5.74) is 0. The van der Waals surface area contributed by atoms with Crippen LogP contribution < -0.4 is 0 Å². The van der Waals surface area contributed by atoms with Crippen molar-refractivity contribution in [1.29, 1.82) is 0 Å². The van der Waals surface area contributed by atoms with E-state index in [1.54, 1.807) is 0 Å². The van der Waals surface area contributed by atoms with E-state index >= 15 is 0 Å². The van der Waals surface area contributed by atoms with Gasteiger partial charge >= 0.3 is 0 Å². The molecule has 3 heterocycles. The highest BCUT2D eigenvalue weighted by Gasteiger charge is 2.53. The Morgan fingerprint density at radius 2 is 0.824 bits per heavy atom. The number of aliphatic hydroxyl groups excluding tert-OH is 11. The summed E-state index contributed by atoms with van der Waals surface area (Å²) in [6.07, 6.45) is -25.6. The number of hydrogen-bond acceptors (Lipinski definition) is 16. The molecule has 0 saturated carbocycles. The smallest absolute Gasteiger partial charge is 0.187 e. The normalized spacial score (nSPS) is 52.5. The van der Waals surface area contributed by atoms with Gasteiger partial charge in [0, 0.05) is 0 Å². The molecule has 34 heavy (non-hydrogen) atoms. The van der Waals surface area contributed by atoms with Gasteiger partial charge in [-0.3, -0.25) is 0 Å². The van der Waals surface area contributed by atoms with E-state index in [0.717, 1.165) is 0 Å². The van der Waals surface area contributed by atoms with Crippen molar-refractivity contribution in [2.75, 3.05) is 19.8 Å². The molecule has 0 aromatic carbocycles. The van der Waals surface area contributed by atoms with Gasteiger partial charge in [0.25, 0.3) is 0 Å². The van der Waals surface area contributed by atoms with Gasteiger partial charge in [0.15, 0.2) is 18.9 Å². The van der Waals surface area contributed by atoms with E-state index in [1.807, 2.05) is 0 Å². The van der Waals surface area contributed by atoms with Gasteiger partial charge in [0.05, 0.1) is 19.8 Å². The highest BCUT2D eigenvalue weighted by atomic mass is 16.8. The molecule has 3 rings (SSSR count). The van der Waals surface area contributed by atoms with Crippen LogP contribution in [0.4, 0.5) is 0 Å². The van der Waals surface area contributed by atoms with Crippen molar-refractivity contribution in [3.05, 3.63) is 0 Å². The van der Waals surface area contributed by atoms with Gasteiger partial charge in [-0.15, -0.1) is 0 Å². The Morgan fingerprint density at radius 1 is 0.441 bits per heavy atom. The van der Waals surface area contributed by atoms with E-state index in [0.29, 0.717) is 0 Å². The molecule has 0 spiro atoms. The number of ether oxygens (including phenoxy) is 5. The largest absolute Gasteiger partial charge is 0.394 e. The van der Waals surface area contributed by atoms with Crippen molar-refractivity contribution >= 4 is 0 Å². The lowest BCUT2D eigenvalue weighted by Crippen LogP contribution is -2.67. The summed E-state index contributed by atoms with van der Waals surface area (Å²) in [7, 11) is 0. The molecule has 3 fully saturated rings. The molecule has 16 nitrogen and oxygen atoms in total. The predicted molar refractivity (Wildman–Crippen MR) is 101 cm³/mol. The van der Waals surface area contributed by atoms with Gasteiger partial charge in [-0.05, 0) is 0 Å². The topological polar surface area (TPSA) is 269 Å². The first-order valence-electron chi connectivity index (χ1n) is 10.6. The van der Waals surface area contributed by atoms with Gasteiger partial charge in [0.2, 0.25) is 0 Å². The summed E-state index contributed by atoms with van der Waals surface area (Å²) in [6.45, 7) is -2.33.